The topological polar surface area (TPSA) is 85.2 Å². The number of benzene rings is 1. The predicted molar refractivity (Wildman–Crippen MR) is 64.4 cm³/mol. The molecule has 0 saturated heterocycles. The van der Waals surface area contributed by atoms with E-state index in [1.54, 1.807) is 12.1 Å². The Balaban J connectivity index is 2.27. The van der Waals surface area contributed by atoms with Crippen molar-refractivity contribution in [1.82, 2.24) is 10.1 Å². The molecule has 0 aliphatic heterocycles. The van der Waals surface area contributed by atoms with Crippen molar-refractivity contribution in [1.29, 1.82) is 0 Å². The monoisotopic (exact) mass is 233 g/mol. The highest BCUT2D eigenvalue weighted by atomic mass is 16.5. The summed E-state index contributed by atoms with van der Waals surface area (Å²) in [6.07, 6.45) is 0.775. The number of rotatable bonds is 3. The first kappa shape index (κ1) is 11.4. The quantitative estimate of drug-likeness (QED) is 0.627. The Hall–Kier alpha value is -2.04. The molecule has 0 aliphatic carbocycles. The molecule has 5 heteroatoms. The molecule has 0 spiro atoms. The number of nitrogens with zero attached hydrogens (tertiary/aromatic N) is 2. The van der Waals surface area contributed by atoms with Gasteiger partial charge in [-0.25, -0.2) is 0 Å². The average molecular weight is 233 g/mol. The number of nitrogen functional groups attached to an aromatic ring is 1. The summed E-state index contributed by atoms with van der Waals surface area (Å²) in [6.45, 7) is 4.18. The molecule has 3 N–H and O–H groups in total. The molecule has 90 valence electrons. The van der Waals surface area contributed by atoms with Crippen molar-refractivity contribution in [2.45, 2.75) is 20.3 Å². The Labute approximate surface area is 99.3 Å². The average Bonchev–Trinajstić information content (AvgIpc) is 2.69. The van der Waals surface area contributed by atoms with Crippen LogP contribution in [0.5, 0.6) is 5.75 Å². The fraction of sp³-hybridized carbons (Fsp3) is 0.333. The van der Waals surface area contributed by atoms with E-state index < -0.39 is 0 Å². The van der Waals surface area contributed by atoms with Crippen molar-refractivity contribution >= 4 is 5.69 Å². The van der Waals surface area contributed by atoms with Gasteiger partial charge in [-0.05, 0) is 24.1 Å². The zero-order valence-corrected chi connectivity index (χ0v) is 9.84. The lowest BCUT2D eigenvalue weighted by Gasteiger charge is -1.99. The molecule has 0 amide bonds. The Morgan fingerprint density at radius 3 is 2.82 bits per heavy atom. The third-order valence-electron chi connectivity index (χ3n) is 2.33. The summed E-state index contributed by atoms with van der Waals surface area (Å²) >= 11 is 0. The van der Waals surface area contributed by atoms with Crippen LogP contribution in [-0.2, 0) is 6.42 Å². The molecule has 0 bridgehead atoms. The first-order valence-corrected chi connectivity index (χ1v) is 5.47. The summed E-state index contributed by atoms with van der Waals surface area (Å²) in [5.74, 6) is 1.63. The van der Waals surface area contributed by atoms with Crippen LogP contribution >= 0.6 is 0 Å². The van der Waals surface area contributed by atoms with E-state index in [2.05, 4.69) is 24.0 Å². The van der Waals surface area contributed by atoms with Gasteiger partial charge in [-0.15, -0.1) is 0 Å². The van der Waals surface area contributed by atoms with Crippen LogP contribution < -0.4 is 5.73 Å². The van der Waals surface area contributed by atoms with Crippen molar-refractivity contribution in [3.8, 4) is 17.2 Å². The van der Waals surface area contributed by atoms with E-state index in [9.17, 15) is 5.11 Å². The first-order valence-electron chi connectivity index (χ1n) is 5.47. The fourth-order valence-electron chi connectivity index (χ4n) is 1.51. The Kier molecular flexibility index (Phi) is 2.99. The summed E-state index contributed by atoms with van der Waals surface area (Å²) in [5.41, 5.74) is 6.61. The van der Waals surface area contributed by atoms with E-state index in [0.29, 0.717) is 28.9 Å². The molecule has 0 unspecified atom stereocenters. The molecule has 5 nitrogen and oxygen atoms in total. The van der Waals surface area contributed by atoms with E-state index in [1.807, 2.05) is 0 Å². The van der Waals surface area contributed by atoms with Crippen LogP contribution in [-0.4, -0.2) is 15.2 Å². The molecule has 0 fully saturated rings. The maximum atomic E-state index is 9.32. The summed E-state index contributed by atoms with van der Waals surface area (Å²) in [4.78, 5) is 4.28. The molecule has 0 aliphatic rings. The molecule has 2 rings (SSSR count). The van der Waals surface area contributed by atoms with Gasteiger partial charge in [0.25, 0.3) is 5.89 Å². The number of nitrogens with two attached hydrogens (primary N) is 1. The van der Waals surface area contributed by atoms with Crippen LogP contribution in [0.25, 0.3) is 11.5 Å². The van der Waals surface area contributed by atoms with E-state index >= 15 is 0 Å². The maximum absolute atomic E-state index is 9.32. The zero-order chi connectivity index (χ0) is 12.4. The number of anilines is 1. The number of hydrogen-bond acceptors (Lipinski definition) is 5. The molecule has 1 aromatic heterocycles. The van der Waals surface area contributed by atoms with Gasteiger partial charge in [-0.2, -0.15) is 4.98 Å². The molecule has 0 saturated carbocycles. The second-order valence-electron chi connectivity index (χ2n) is 4.39. The third-order valence-corrected chi connectivity index (χ3v) is 2.33. The van der Waals surface area contributed by atoms with Crippen LogP contribution in [0, 0.1) is 5.92 Å². The molecular weight excluding hydrogens is 218 g/mol. The number of aromatic nitrogens is 2. The van der Waals surface area contributed by atoms with Gasteiger partial charge < -0.3 is 15.4 Å². The largest absolute Gasteiger partial charge is 0.506 e. The smallest absolute Gasteiger partial charge is 0.257 e. The van der Waals surface area contributed by atoms with Crippen LogP contribution in [0.15, 0.2) is 22.7 Å². The summed E-state index contributed by atoms with van der Waals surface area (Å²) in [5, 5.41) is 13.2. The highest BCUT2D eigenvalue weighted by Crippen LogP contribution is 2.26. The predicted octanol–water partition coefficient (Wildman–Crippen LogP) is 2.22. The highest BCUT2D eigenvalue weighted by Gasteiger charge is 2.11. The number of hydrogen-bond donors (Lipinski definition) is 2. The molecule has 1 aromatic carbocycles. The van der Waals surface area contributed by atoms with E-state index in [4.69, 9.17) is 10.3 Å². The van der Waals surface area contributed by atoms with Crippen molar-refractivity contribution in [2.75, 3.05) is 5.73 Å². The standard InChI is InChI=1S/C12H15N3O2/c1-7(2)5-11-14-12(17-15-11)8-3-4-10(16)9(13)6-8/h3-4,6-7,16H,5,13H2,1-2H3. The van der Waals surface area contributed by atoms with Crippen molar-refractivity contribution < 1.29 is 9.63 Å². The van der Waals surface area contributed by atoms with E-state index in [-0.39, 0.29) is 5.75 Å². The summed E-state index contributed by atoms with van der Waals surface area (Å²) in [6, 6.07) is 4.82. The third kappa shape index (κ3) is 2.55. The number of aromatic hydroxyl groups is 1. The maximum Gasteiger partial charge on any atom is 0.257 e. The molecule has 2 aromatic rings. The van der Waals surface area contributed by atoms with E-state index in [0.717, 1.165) is 6.42 Å². The number of phenolic OH excluding ortho intramolecular Hbond substituents is 1. The lowest BCUT2D eigenvalue weighted by Crippen LogP contribution is -1.95. The minimum atomic E-state index is 0.0515. The second kappa shape index (κ2) is 4.45. The second-order valence-corrected chi connectivity index (χ2v) is 4.39. The van der Waals surface area contributed by atoms with Gasteiger partial charge in [0.05, 0.1) is 5.69 Å². The van der Waals surface area contributed by atoms with Crippen molar-refractivity contribution in [3.05, 3.63) is 24.0 Å². The zero-order valence-electron chi connectivity index (χ0n) is 9.84. The van der Waals surface area contributed by atoms with Crippen molar-refractivity contribution in [2.24, 2.45) is 5.92 Å². The molecule has 0 radical (unpaired) electrons. The van der Waals surface area contributed by atoms with Crippen LogP contribution in [0.1, 0.15) is 19.7 Å². The lowest BCUT2D eigenvalue weighted by atomic mass is 10.1. The Bertz CT molecular complexity index is 520. The molecule has 1 heterocycles. The minimum absolute atomic E-state index is 0.0515. The summed E-state index contributed by atoms with van der Waals surface area (Å²) in [7, 11) is 0. The SMILES string of the molecule is CC(C)Cc1noc(-c2ccc(O)c(N)c2)n1. The Morgan fingerprint density at radius 2 is 2.18 bits per heavy atom. The molecule has 17 heavy (non-hydrogen) atoms. The van der Waals surface area contributed by atoms with Gasteiger partial charge in [0.1, 0.15) is 5.75 Å². The first-order chi connectivity index (χ1) is 8.06. The van der Waals surface area contributed by atoms with Gasteiger partial charge in [0.15, 0.2) is 5.82 Å². The van der Waals surface area contributed by atoms with Gasteiger partial charge in [0.2, 0.25) is 0 Å². The Morgan fingerprint density at radius 1 is 1.41 bits per heavy atom. The highest BCUT2D eigenvalue weighted by molar-refractivity contribution is 5.64. The van der Waals surface area contributed by atoms with E-state index in [1.165, 1.54) is 6.07 Å². The number of phenols is 1. The minimum Gasteiger partial charge on any atom is -0.506 e. The van der Waals surface area contributed by atoms with Crippen LogP contribution in [0.2, 0.25) is 0 Å². The molecule has 0 atom stereocenters. The van der Waals surface area contributed by atoms with Gasteiger partial charge in [-0.3, -0.25) is 0 Å². The van der Waals surface area contributed by atoms with Gasteiger partial charge >= 0.3 is 0 Å². The van der Waals surface area contributed by atoms with Crippen LogP contribution in [0.4, 0.5) is 5.69 Å². The normalized spacial score (nSPS) is 11.0. The lowest BCUT2D eigenvalue weighted by molar-refractivity contribution is 0.417. The van der Waals surface area contributed by atoms with Crippen LogP contribution in [0.3, 0.4) is 0 Å². The van der Waals surface area contributed by atoms with Gasteiger partial charge in [0, 0.05) is 12.0 Å². The fourth-order valence-corrected chi connectivity index (χ4v) is 1.51. The van der Waals surface area contributed by atoms with Crippen molar-refractivity contribution in [3.63, 3.8) is 0 Å². The summed E-state index contributed by atoms with van der Waals surface area (Å²) < 4.78 is 5.15. The van der Waals surface area contributed by atoms with Gasteiger partial charge in [-0.1, -0.05) is 19.0 Å². The molecular formula is C12H15N3O2.